The fourth-order valence-corrected chi connectivity index (χ4v) is 2.26. The van der Waals surface area contributed by atoms with E-state index in [1.165, 1.54) is 13.3 Å². The highest BCUT2D eigenvalue weighted by atomic mass is 79.9. The molecule has 6 heteroatoms. The molecular formula is C14H11BrClNO3. The molecule has 0 amide bonds. The van der Waals surface area contributed by atoms with Crippen LogP contribution in [0.3, 0.4) is 0 Å². The van der Waals surface area contributed by atoms with Crippen molar-refractivity contribution in [3.05, 3.63) is 51.1 Å². The fraction of sp³-hybridized carbons (Fsp3) is 0.143. The smallest absolute Gasteiger partial charge is 0.339 e. The Balaban J connectivity index is 2.33. The van der Waals surface area contributed by atoms with E-state index in [1.807, 2.05) is 19.1 Å². The van der Waals surface area contributed by atoms with Gasteiger partial charge in [-0.3, -0.25) is 0 Å². The standard InChI is InChI=1S/C14H11BrClNO3/c1-8-4-3-5-11(16)12(8)20-13-10(15)6-9(7-17-13)14(18)19-2/h3-7H,1-2H3. The number of aromatic nitrogens is 1. The van der Waals surface area contributed by atoms with Crippen LogP contribution in [0.15, 0.2) is 34.9 Å². The van der Waals surface area contributed by atoms with Gasteiger partial charge in [-0.15, -0.1) is 0 Å². The largest absolute Gasteiger partial charge is 0.465 e. The summed E-state index contributed by atoms with van der Waals surface area (Å²) in [6.45, 7) is 1.89. The van der Waals surface area contributed by atoms with Crippen LogP contribution in [0, 0.1) is 6.92 Å². The van der Waals surface area contributed by atoms with E-state index in [0.29, 0.717) is 26.7 Å². The first-order valence-corrected chi connectivity index (χ1v) is 6.87. The number of hydrogen-bond donors (Lipinski definition) is 0. The van der Waals surface area contributed by atoms with Gasteiger partial charge in [0.1, 0.15) is 0 Å². The van der Waals surface area contributed by atoms with Crippen LogP contribution in [0.25, 0.3) is 0 Å². The van der Waals surface area contributed by atoms with Crippen molar-refractivity contribution in [1.29, 1.82) is 0 Å². The van der Waals surface area contributed by atoms with Crippen LogP contribution in [0.5, 0.6) is 11.6 Å². The van der Waals surface area contributed by atoms with Gasteiger partial charge in [-0.1, -0.05) is 23.7 Å². The lowest BCUT2D eigenvalue weighted by Crippen LogP contribution is -2.02. The van der Waals surface area contributed by atoms with Crippen molar-refractivity contribution >= 4 is 33.5 Å². The third-order valence-corrected chi connectivity index (χ3v) is 3.46. The highest BCUT2D eigenvalue weighted by Crippen LogP contribution is 2.34. The molecule has 0 aliphatic carbocycles. The van der Waals surface area contributed by atoms with Crippen LogP contribution in [0.2, 0.25) is 5.02 Å². The summed E-state index contributed by atoms with van der Waals surface area (Å²) in [5, 5.41) is 0.496. The number of rotatable bonds is 3. The summed E-state index contributed by atoms with van der Waals surface area (Å²) < 4.78 is 10.9. The number of aryl methyl sites for hydroxylation is 1. The zero-order valence-electron chi connectivity index (χ0n) is 10.8. The van der Waals surface area contributed by atoms with Gasteiger partial charge in [0.2, 0.25) is 5.88 Å². The molecule has 0 radical (unpaired) electrons. The minimum atomic E-state index is -0.460. The number of benzene rings is 1. The number of methoxy groups -OCH3 is 1. The van der Waals surface area contributed by atoms with E-state index < -0.39 is 5.97 Å². The fourth-order valence-electron chi connectivity index (χ4n) is 1.57. The van der Waals surface area contributed by atoms with Crippen molar-refractivity contribution in [3.63, 3.8) is 0 Å². The maximum atomic E-state index is 11.4. The predicted molar refractivity (Wildman–Crippen MR) is 79.5 cm³/mol. The van der Waals surface area contributed by atoms with Crippen LogP contribution in [0.4, 0.5) is 0 Å². The lowest BCUT2D eigenvalue weighted by Gasteiger charge is -2.11. The first kappa shape index (κ1) is 14.8. The Bertz CT molecular complexity index is 641. The number of hydrogen-bond acceptors (Lipinski definition) is 4. The second kappa shape index (κ2) is 6.24. The van der Waals surface area contributed by atoms with Crippen molar-refractivity contribution in [2.45, 2.75) is 6.92 Å². The first-order valence-electron chi connectivity index (χ1n) is 5.69. The van der Waals surface area contributed by atoms with Gasteiger partial charge in [0.15, 0.2) is 5.75 Å². The number of nitrogens with zero attached hydrogens (tertiary/aromatic N) is 1. The molecule has 0 bridgehead atoms. The van der Waals surface area contributed by atoms with Crippen molar-refractivity contribution < 1.29 is 14.3 Å². The molecule has 1 aromatic heterocycles. The summed E-state index contributed by atoms with van der Waals surface area (Å²) in [7, 11) is 1.31. The molecule has 0 unspecified atom stereocenters. The number of pyridine rings is 1. The van der Waals surface area contributed by atoms with E-state index in [-0.39, 0.29) is 0 Å². The molecule has 1 aromatic carbocycles. The zero-order chi connectivity index (χ0) is 14.7. The molecule has 20 heavy (non-hydrogen) atoms. The summed E-state index contributed by atoms with van der Waals surface area (Å²) >= 11 is 9.41. The number of esters is 1. The molecular weight excluding hydrogens is 346 g/mol. The Morgan fingerprint density at radius 2 is 2.15 bits per heavy atom. The Labute approximate surface area is 129 Å². The van der Waals surface area contributed by atoms with E-state index in [0.717, 1.165) is 5.56 Å². The van der Waals surface area contributed by atoms with Gasteiger partial charge in [-0.05, 0) is 40.5 Å². The maximum Gasteiger partial charge on any atom is 0.339 e. The van der Waals surface area contributed by atoms with Crippen LogP contribution in [-0.4, -0.2) is 18.1 Å². The van der Waals surface area contributed by atoms with E-state index in [2.05, 4.69) is 25.7 Å². The summed E-state index contributed by atoms with van der Waals surface area (Å²) in [6.07, 6.45) is 1.39. The Kier molecular flexibility index (Phi) is 4.62. The average Bonchev–Trinajstić information content (AvgIpc) is 2.43. The van der Waals surface area contributed by atoms with E-state index in [1.54, 1.807) is 12.1 Å². The summed E-state index contributed by atoms with van der Waals surface area (Å²) in [4.78, 5) is 15.5. The molecule has 2 rings (SSSR count). The van der Waals surface area contributed by atoms with Crippen molar-refractivity contribution in [3.8, 4) is 11.6 Å². The number of carbonyl (C=O) groups is 1. The number of carbonyl (C=O) groups excluding carboxylic acids is 1. The molecule has 0 aliphatic rings. The minimum absolute atomic E-state index is 0.328. The van der Waals surface area contributed by atoms with E-state index in [4.69, 9.17) is 16.3 Å². The third kappa shape index (κ3) is 3.11. The van der Waals surface area contributed by atoms with Gasteiger partial charge in [-0.2, -0.15) is 0 Å². The van der Waals surface area contributed by atoms with Crippen LogP contribution in [0.1, 0.15) is 15.9 Å². The number of ether oxygens (including phenoxy) is 2. The molecule has 0 spiro atoms. The number of para-hydroxylation sites is 1. The zero-order valence-corrected chi connectivity index (χ0v) is 13.2. The van der Waals surface area contributed by atoms with Crippen molar-refractivity contribution in [2.75, 3.05) is 7.11 Å². The lowest BCUT2D eigenvalue weighted by molar-refractivity contribution is 0.0600. The normalized spacial score (nSPS) is 10.2. The molecule has 0 saturated carbocycles. The minimum Gasteiger partial charge on any atom is -0.465 e. The van der Waals surface area contributed by atoms with E-state index in [9.17, 15) is 4.79 Å². The van der Waals surface area contributed by atoms with Crippen molar-refractivity contribution in [1.82, 2.24) is 4.98 Å². The Morgan fingerprint density at radius 1 is 1.40 bits per heavy atom. The summed E-state index contributed by atoms with van der Waals surface area (Å²) in [5.74, 6) is 0.403. The molecule has 0 aliphatic heterocycles. The monoisotopic (exact) mass is 355 g/mol. The second-order valence-electron chi connectivity index (χ2n) is 3.99. The maximum absolute atomic E-state index is 11.4. The molecule has 104 valence electrons. The SMILES string of the molecule is COC(=O)c1cnc(Oc2c(C)cccc2Cl)c(Br)c1. The highest BCUT2D eigenvalue weighted by molar-refractivity contribution is 9.10. The summed E-state index contributed by atoms with van der Waals surface area (Å²) in [6, 6.07) is 7.05. The molecule has 2 aromatic rings. The highest BCUT2D eigenvalue weighted by Gasteiger charge is 2.13. The van der Waals surface area contributed by atoms with Gasteiger partial charge in [0.25, 0.3) is 0 Å². The van der Waals surface area contributed by atoms with Gasteiger partial charge in [-0.25, -0.2) is 9.78 Å². The second-order valence-corrected chi connectivity index (χ2v) is 5.25. The van der Waals surface area contributed by atoms with Crippen LogP contribution < -0.4 is 4.74 Å². The van der Waals surface area contributed by atoms with E-state index >= 15 is 0 Å². The number of halogens is 2. The Morgan fingerprint density at radius 3 is 2.75 bits per heavy atom. The van der Waals surface area contributed by atoms with Gasteiger partial charge < -0.3 is 9.47 Å². The molecule has 4 nitrogen and oxygen atoms in total. The Hall–Kier alpha value is -1.59. The molecule has 1 heterocycles. The van der Waals surface area contributed by atoms with Gasteiger partial charge in [0, 0.05) is 6.20 Å². The summed E-state index contributed by atoms with van der Waals surface area (Å²) in [5.41, 5.74) is 1.23. The molecule has 0 N–H and O–H groups in total. The van der Waals surface area contributed by atoms with Gasteiger partial charge in [0.05, 0.1) is 22.2 Å². The molecule has 0 atom stereocenters. The first-order chi connectivity index (χ1) is 9.52. The average molecular weight is 357 g/mol. The van der Waals surface area contributed by atoms with Crippen LogP contribution in [-0.2, 0) is 4.74 Å². The topological polar surface area (TPSA) is 48.4 Å². The third-order valence-electron chi connectivity index (χ3n) is 2.59. The van der Waals surface area contributed by atoms with Crippen LogP contribution >= 0.6 is 27.5 Å². The van der Waals surface area contributed by atoms with Gasteiger partial charge >= 0.3 is 5.97 Å². The predicted octanol–water partition coefficient (Wildman–Crippen LogP) is 4.38. The molecule has 0 saturated heterocycles. The molecule has 0 fully saturated rings. The quantitative estimate of drug-likeness (QED) is 0.766. The van der Waals surface area contributed by atoms with Crippen molar-refractivity contribution in [2.24, 2.45) is 0 Å². The lowest BCUT2D eigenvalue weighted by atomic mass is 10.2.